The van der Waals surface area contributed by atoms with Gasteiger partial charge in [0.05, 0.1) is 16.8 Å². The average molecular weight is 336 g/mol. The van der Waals surface area contributed by atoms with Crippen LogP contribution in [0, 0.1) is 13.8 Å². The van der Waals surface area contributed by atoms with E-state index in [4.69, 9.17) is 4.52 Å². The molecule has 0 aliphatic carbocycles. The maximum absolute atomic E-state index is 13.0. The molecule has 0 bridgehead atoms. The van der Waals surface area contributed by atoms with Gasteiger partial charge in [0.25, 0.3) is 5.91 Å². The molecule has 0 unspecified atom stereocenters. The molecule has 1 aliphatic rings. The van der Waals surface area contributed by atoms with Gasteiger partial charge >= 0.3 is 0 Å². The minimum Gasteiger partial charge on any atom is -0.343 e. The fraction of sp³-hybridized carbons (Fsp3) is 0.368. The number of rotatable bonds is 2. The normalized spacial score (nSPS) is 15.7. The number of likely N-dealkylation sites (tertiary alicyclic amines) is 1. The number of aromatic nitrogens is 3. The predicted octanol–water partition coefficient (Wildman–Crippen LogP) is 3.25. The molecule has 3 heterocycles. The monoisotopic (exact) mass is 336 g/mol. The molecule has 1 saturated heterocycles. The lowest BCUT2D eigenvalue weighted by molar-refractivity contribution is 0.0709. The lowest BCUT2D eigenvalue weighted by Crippen LogP contribution is -2.38. The van der Waals surface area contributed by atoms with Gasteiger partial charge in [0.15, 0.2) is 5.82 Å². The van der Waals surface area contributed by atoms with Crippen molar-refractivity contribution in [1.29, 1.82) is 0 Å². The fourth-order valence-corrected chi connectivity index (χ4v) is 3.53. The molecule has 1 aromatic carbocycles. The van der Waals surface area contributed by atoms with Crippen LogP contribution < -0.4 is 0 Å². The van der Waals surface area contributed by atoms with Gasteiger partial charge in [0.2, 0.25) is 6.39 Å². The van der Waals surface area contributed by atoms with Gasteiger partial charge in [-0.2, -0.15) is 4.98 Å². The van der Waals surface area contributed by atoms with Gasteiger partial charge in [-0.1, -0.05) is 23.4 Å². The van der Waals surface area contributed by atoms with E-state index in [0.717, 1.165) is 40.8 Å². The summed E-state index contributed by atoms with van der Waals surface area (Å²) < 4.78 is 4.83. The summed E-state index contributed by atoms with van der Waals surface area (Å²) in [5, 5.41) is 4.93. The van der Waals surface area contributed by atoms with E-state index < -0.39 is 0 Å². The van der Waals surface area contributed by atoms with E-state index in [1.165, 1.54) is 6.39 Å². The van der Waals surface area contributed by atoms with Gasteiger partial charge in [-0.25, -0.2) is 0 Å². The molecule has 0 saturated carbocycles. The maximum Gasteiger partial charge on any atom is 0.255 e. The van der Waals surface area contributed by atoms with E-state index in [-0.39, 0.29) is 11.8 Å². The topological polar surface area (TPSA) is 72.1 Å². The summed E-state index contributed by atoms with van der Waals surface area (Å²) in [5.41, 5.74) is 3.57. The predicted molar refractivity (Wildman–Crippen MR) is 93.4 cm³/mol. The third kappa shape index (κ3) is 2.88. The number of piperidine rings is 1. The zero-order chi connectivity index (χ0) is 17.4. The molecule has 3 aromatic rings. The molecule has 128 valence electrons. The Hall–Kier alpha value is -2.76. The smallest absolute Gasteiger partial charge is 0.255 e. The van der Waals surface area contributed by atoms with Crippen LogP contribution >= 0.6 is 0 Å². The molecule has 6 heteroatoms. The molecule has 2 aromatic heterocycles. The van der Waals surface area contributed by atoms with Gasteiger partial charge in [-0.05, 0) is 38.3 Å². The van der Waals surface area contributed by atoms with E-state index in [0.29, 0.717) is 18.7 Å². The highest BCUT2D eigenvalue weighted by Gasteiger charge is 2.27. The van der Waals surface area contributed by atoms with Crippen LogP contribution in [0.2, 0.25) is 0 Å². The lowest BCUT2D eigenvalue weighted by atomic mass is 9.95. The van der Waals surface area contributed by atoms with Crippen LogP contribution in [0.1, 0.15) is 46.2 Å². The van der Waals surface area contributed by atoms with Gasteiger partial charge in [0.1, 0.15) is 0 Å². The highest BCUT2D eigenvalue weighted by molar-refractivity contribution is 5.99. The second-order valence-electron chi connectivity index (χ2n) is 6.62. The number of amides is 1. The first kappa shape index (κ1) is 15.7. The quantitative estimate of drug-likeness (QED) is 0.718. The van der Waals surface area contributed by atoms with Crippen molar-refractivity contribution in [2.75, 3.05) is 13.1 Å². The molecular formula is C19H20N4O2. The van der Waals surface area contributed by atoms with Crippen molar-refractivity contribution in [3.05, 3.63) is 53.3 Å². The van der Waals surface area contributed by atoms with Crippen molar-refractivity contribution in [3.63, 3.8) is 0 Å². The molecule has 0 radical (unpaired) electrons. The number of carbonyl (C=O) groups is 1. The number of fused-ring (bicyclic) bond motifs is 1. The Kier molecular flexibility index (Phi) is 3.95. The van der Waals surface area contributed by atoms with Crippen LogP contribution in [0.3, 0.4) is 0 Å². The molecule has 6 nitrogen and oxygen atoms in total. The Labute approximate surface area is 145 Å². The Morgan fingerprint density at radius 3 is 2.76 bits per heavy atom. The van der Waals surface area contributed by atoms with E-state index in [2.05, 4.69) is 15.1 Å². The zero-order valence-electron chi connectivity index (χ0n) is 14.4. The number of nitrogens with zero attached hydrogens (tertiary/aromatic N) is 4. The van der Waals surface area contributed by atoms with Gasteiger partial charge in [0, 0.05) is 24.4 Å². The zero-order valence-corrected chi connectivity index (χ0v) is 14.4. The summed E-state index contributed by atoms with van der Waals surface area (Å²) in [4.78, 5) is 23.7. The Morgan fingerprint density at radius 1 is 1.24 bits per heavy atom. The summed E-state index contributed by atoms with van der Waals surface area (Å²) >= 11 is 0. The summed E-state index contributed by atoms with van der Waals surface area (Å²) in [5.74, 6) is 1.06. The van der Waals surface area contributed by atoms with Crippen molar-refractivity contribution < 1.29 is 9.32 Å². The third-order valence-electron chi connectivity index (χ3n) is 4.99. The van der Waals surface area contributed by atoms with Gasteiger partial charge in [-0.3, -0.25) is 9.78 Å². The molecule has 0 N–H and O–H groups in total. The first-order valence-corrected chi connectivity index (χ1v) is 8.56. The Morgan fingerprint density at radius 2 is 2.04 bits per heavy atom. The number of pyridine rings is 1. The van der Waals surface area contributed by atoms with Crippen LogP contribution in [-0.4, -0.2) is 39.0 Å². The first-order chi connectivity index (χ1) is 12.1. The van der Waals surface area contributed by atoms with E-state index in [9.17, 15) is 4.79 Å². The molecular weight excluding hydrogens is 316 g/mol. The molecule has 1 aliphatic heterocycles. The molecule has 0 atom stereocenters. The second-order valence-corrected chi connectivity index (χ2v) is 6.62. The molecule has 0 spiro atoms. The first-order valence-electron chi connectivity index (χ1n) is 8.56. The summed E-state index contributed by atoms with van der Waals surface area (Å²) in [6.45, 7) is 5.34. The van der Waals surface area contributed by atoms with Crippen LogP contribution in [0.5, 0.6) is 0 Å². The van der Waals surface area contributed by atoms with E-state index in [1.54, 1.807) is 0 Å². The van der Waals surface area contributed by atoms with E-state index >= 15 is 0 Å². The Balaban J connectivity index is 1.55. The third-order valence-corrected chi connectivity index (χ3v) is 4.99. The number of carbonyl (C=O) groups excluding carboxylic acids is 1. The SMILES string of the molecule is Cc1nc2c(C)cccc2cc1C(=O)N1CCC(c2ncon2)CC1. The minimum absolute atomic E-state index is 0.0555. The molecule has 1 fully saturated rings. The number of hydrogen-bond acceptors (Lipinski definition) is 5. The molecule has 25 heavy (non-hydrogen) atoms. The fourth-order valence-electron chi connectivity index (χ4n) is 3.53. The number of hydrogen-bond donors (Lipinski definition) is 0. The summed E-state index contributed by atoms with van der Waals surface area (Å²) in [6, 6.07) is 8.02. The summed E-state index contributed by atoms with van der Waals surface area (Å²) in [6.07, 6.45) is 3.06. The summed E-state index contributed by atoms with van der Waals surface area (Å²) in [7, 11) is 0. The highest BCUT2D eigenvalue weighted by atomic mass is 16.5. The lowest BCUT2D eigenvalue weighted by Gasteiger charge is -2.31. The number of benzene rings is 1. The van der Waals surface area contributed by atoms with Gasteiger partial charge < -0.3 is 9.42 Å². The molecule has 4 rings (SSSR count). The largest absolute Gasteiger partial charge is 0.343 e. The van der Waals surface area contributed by atoms with Crippen molar-refractivity contribution >= 4 is 16.8 Å². The average Bonchev–Trinajstić information content (AvgIpc) is 3.16. The van der Waals surface area contributed by atoms with Crippen LogP contribution in [0.4, 0.5) is 0 Å². The van der Waals surface area contributed by atoms with Crippen LogP contribution in [0.15, 0.2) is 35.2 Å². The maximum atomic E-state index is 13.0. The van der Waals surface area contributed by atoms with E-state index in [1.807, 2.05) is 43.0 Å². The second kappa shape index (κ2) is 6.27. The van der Waals surface area contributed by atoms with Crippen molar-refractivity contribution in [2.45, 2.75) is 32.6 Å². The van der Waals surface area contributed by atoms with Crippen LogP contribution in [0.25, 0.3) is 10.9 Å². The van der Waals surface area contributed by atoms with Crippen LogP contribution in [-0.2, 0) is 0 Å². The molecule has 1 amide bonds. The number of aryl methyl sites for hydroxylation is 2. The highest BCUT2D eigenvalue weighted by Crippen LogP contribution is 2.27. The Bertz CT molecular complexity index is 913. The van der Waals surface area contributed by atoms with Crippen molar-refractivity contribution in [2.24, 2.45) is 0 Å². The van der Waals surface area contributed by atoms with Gasteiger partial charge in [-0.15, -0.1) is 0 Å². The van der Waals surface area contributed by atoms with Crippen molar-refractivity contribution in [3.8, 4) is 0 Å². The minimum atomic E-state index is 0.0555. The number of para-hydroxylation sites is 1. The van der Waals surface area contributed by atoms with Crippen molar-refractivity contribution in [1.82, 2.24) is 20.0 Å². The standard InChI is InChI=1S/C19H20N4O2/c1-12-4-3-5-15-10-16(13(2)21-17(12)15)19(24)23-8-6-14(7-9-23)18-20-11-25-22-18/h3-5,10-11,14H,6-9H2,1-2H3.